The largest absolute Gasteiger partial charge is 0.349 e. The molecule has 2 rings (SSSR count). The molecule has 2 heterocycles. The Hall–Kier alpha value is -2.57. The molecule has 7 heteroatoms. The zero-order chi connectivity index (χ0) is 13.0. The summed E-state index contributed by atoms with van der Waals surface area (Å²) in [6, 6.07) is 5.70. The minimum atomic E-state index is -0.536. The van der Waals surface area contributed by atoms with Gasteiger partial charge in [-0.15, -0.1) is 0 Å². The lowest BCUT2D eigenvalue weighted by molar-refractivity contribution is -0.385. The van der Waals surface area contributed by atoms with Gasteiger partial charge in [0.25, 0.3) is 0 Å². The van der Waals surface area contributed by atoms with Gasteiger partial charge in [-0.2, -0.15) is 0 Å². The molecular formula is C11H11N5O2. The quantitative estimate of drug-likeness (QED) is 0.650. The second-order valence-corrected chi connectivity index (χ2v) is 3.65. The Morgan fingerprint density at radius 3 is 2.67 bits per heavy atom. The maximum absolute atomic E-state index is 10.4. The van der Waals surface area contributed by atoms with Gasteiger partial charge in [0.15, 0.2) is 0 Å². The van der Waals surface area contributed by atoms with Gasteiger partial charge in [-0.25, -0.2) is 9.97 Å². The molecule has 0 saturated carbocycles. The molecule has 2 aromatic rings. The maximum atomic E-state index is 10.4. The summed E-state index contributed by atoms with van der Waals surface area (Å²) in [6.45, 7) is 2.38. The van der Waals surface area contributed by atoms with Crippen molar-refractivity contribution in [3.05, 3.63) is 52.1 Å². The Morgan fingerprint density at radius 1 is 1.33 bits per heavy atom. The first kappa shape index (κ1) is 11.9. The van der Waals surface area contributed by atoms with Gasteiger partial charge in [0.05, 0.1) is 17.2 Å². The zero-order valence-corrected chi connectivity index (χ0v) is 9.70. The molecule has 7 nitrogen and oxygen atoms in total. The molecule has 0 aliphatic carbocycles. The fraction of sp³-hybridized carbons (Fsp3) is 0.182. The summed E-state index contributed by atoms with van der Waals surface area (Å²) in [6.07, 6.45) is 2.33. The Balaban J connectivity index is 2.00. The maximum Gasteiger partial charge on any atom is 0.305 e. The van der Waals surface area contributed by atoms with E-state index in [-0.39, 0.29) is 5.69 Å². The molecule has 0 spiro atoms. The second-order valence-electron chi connectivity index (χ2n) is 3.65. The summed E-state index contributed by atoms with van der Waals surface area (Å²) in [4.78, 5) is 21.9. The van der Waals surface area contributed by atoms with Crippen LogP contribution in [0.4, 0.5) is 11.6 Å². The third-order valence-corrected chi connectivity index (χ3v) is 2.22. The average molecular weight is 245 g/mol. The molecule has 0 bridgehead atoms. The summed E-state index contributed by atoms with van der Waals surface area (Å²) >= 11 is 0. The van der Waals surface area contributed by atoms with Gasteiger partial charge in [-0.05, 0) is 19.1 Å². The first-order valence-electron chi connectivity index (χ1n) is 5.28. The van der Waals surface area contributed by atoms with Gasteiger partial charge in [0, 0.05) is 5.69 Å². The number of nitrogens with one attached hydrogen (secondary N) is 1. The second kappa shape index (κ2) is 5.17. The molecular weight excluding hydrogens is 234 g/mol. The number of anilines is 1. The van der Waals surface area contributed by atoms with E-state index in [1.165, 1.54) is 12.4 Å². The lowest BCUT2D eigenvalue weighted by Gasteiger charge is -2.04. The fourth-order valence-corrected chi connectivity index (χ4v) is 1.37. The lowest BCUT2D eigenvalue weighted by Crippen LogP contribution is -2.05. The van der Waals surface area contributed by atoms with Crippen LogP contribution in [0.15, 0.2) is 30.6 Å². The summed E-state index contributed by atoms with van der Waals surface area (Å²) in [5, 5.41) is 13.4. The number of hydrogen-bond donors (Lipinski definition) is 1. The van der Waals surface area contributed by atoms with Crippen molar-refractivity contribution in [2.75, 3.05) is 5.32 Å². The van der Waals surface area contributed by atoms with Crippen molar-refractivity contribution in [3.8, 4) is 0 Å². The first-order chi connectivity index (χ1) is 8.65. The third-order valence-electron chi connectivity index (χ3n) is 2.22. The molecule has 0 aliphatic heterocycles. The Labute approximate surface area is 103 Å². The molecule has 0 saturated heterocycles. The topological polar surface area (TPSA) is 93.8 Å². The van der Waals surface area contributed by atoms with E-state index in [0.29, 0.717) is 12.5 Å². The molecule has 0 atom stereocenters. The monoisotopic (exact) mass is 245 g/mol. The predicted octanol–water partition coefficient (Wildman–Crippen LogP) is 1.70. The fourth-order valence-electron chi connectivity index (χ4n) is 1.37. The highest BCUT2D eigenvalue weighted by atomic mass is 16.6. The van der Waals surface area contributed by atoms with E-state index in [1.54, 1.807) is 0 Å². The minimum absolute atomic E-state index is 0.130. The van der Waals surface area contributed by atoms with Crippen LogP contribution in [0, 0.1) is 17.0 Å². The van der Waals surface area contributed by atoms with Crippen LogP contribution in [0.1, 0.15) is 11.4 Å². The highest BCUT2D eigenvalue weighted by Crippen LogP contribution is 2.08. The van der Waals surface area contributed by atoms with Crippen LogP contribution in [0.5, 0.6) is 0 Å². The van der Waals surface area contributed by atoms with Crippen molar-refractivity contribution in [1.29, 1.82) is 0 Å². The number of nitrogens with zero attached hydrogens (tertiary/aromatic N) is 4. The lowest BCUT2D eigenvalue weighted by atomic mass is 10.3. The van der Waals surface area contributed by atoms with Gasteiger partial charge < -0.3 is 5.32 Å². The first-order valence-corrected chi connectivity index (χ1v) is 5.28. The Kier molecular flexibility index (Phi) is 3.42. The Bertz CT molecular complexity index is 556. The third kappa shape index (κ3) is 2.97. The molecule has 0 amide bonds. The van der Waals surface area contributed by atoms with Crippen LogP contribution in [0.25, 0.3) is 0 Å². The summed E-state index contributed by atoms with van der Waals surface area (Å²) < 4.78 is 0. The number of aryl methyl sites for hydroxylation is 1. The van der Waals surface area contributed by atoms with E-state index in [0.717, 1.165) is 11.4 Å². The number of rotatable bonds is 4. The number of pyridine rings is 1. The van der Waals surface area contributed by atoms with Crippen molar-refractivity contribution >= 4 is 11.6 Å². The summed E-state index contributed by atoms with van der Waals surface area (Å²) in [7, 11) is 0. The zero-order valence-electron chi connectivity index (χ0n) is 9.70. The van der Waals surface area contributed by atoms with Gasteiger partial charge in [0.1, 0.15) is 12.4 Å². The van der Waals surface area contributed by atoms with Gasteiger partial charge in [0.2, 0.25) is 5.95 Å². The van der Waals surface area contributed by atoms with Crippen LogP contribution in [-0.4, -0.2) is 19.9 Å². The van der Waals surface area contributed by atoms with E-state index in [1.807, 2.05) is 25.1 Å². The standard InChI is InChI=1S/C11H11N5O2/c1-8-3-2-4-9(15-8)5-12-11-13-6-10(7-14-11)16(17)18/h2-4,6-7H,5H2,1H3,(H,12,13,14). The molecule has 18 heavy (non-hydrogen) atoms. The molecule has 0 unspecified atom stereocenters. The molecule has 0 aliphatic rings. The van der Waals surface area contributed by atoms with E-state index < -0.39 is 4.92 Å². The van der Waals surface area contributed by atoms with Crippen LogP contribution < -0.4 is 5.32 Å². The van der Waals surface area contributed by atoms with E-state index in [4.69, 9.17) is 0 Å². The molecule has 1 N–H and O–H groups in total. The Morgan fingerprint density at radius 2 is 2.06 bits per heavy atom. The van der Waals surface area contributed by atoms with Crippen LogP contribution in [0.2, 0.25) is 0 Å². The van der Waals surface area contributed by atoms with Crippen molar-refractivity contribution in [2.45, 2.75) is 13.5 Å². The predicted molar refractivity (Wildman–Crippen MR) is 65.0 cm³/mol. The molecule has 0 aromatic carbocycles. The van der Waals surface area contributed by atoms with Crippen LogP contribution >= 0.6 is 0 Å². The summed E-state index contributed by atoms with van der Waals surface area (Å²) in [5.41, 5.74) is 1.66. The number of hydrogen-bond acceptors (Lipinski definition) is 6. The van der Waals surface area contributed by atoms with E-state index in [2.05, 4.69) is 20.3 Å². The van der Waals surface area contributed by atoms with Crippen LogP contribution in [0.3, 0.4) is 0 Å². The van der Waals surface area contributed by atoms with Gasteiger partial charge in [-0.3, -0.25) is 15.1 Å². The van der Waals surface area contributed by atoms with Crippen molar-refractivity contribution in [1.82, 2.24) is 15.0 Å². The van der Waals surface area contributed by atoms with Gasteiger partial charge in [-0.1, -0.05) is 6.07 Å². The minimum Gasteiger partial charge on any atom is -0.349 e. The number of aromatic nitrogens is 3. The van der Waals surface area contributed by atoms with E-state index >= 15 is 0 Å². The van der Waals surface area contributed by atoms with E-state index in [9.17, 15) is 10.1 Å². The van der Waals surface area contributed by atoms with Crippen molar-refractivity contribution in [3.63, 3.8) is 0 Å². The number of nitro groups is 1. The highest BCUT2D eigenvalue weighted by Gasteiger charge is 2.06. The molecule has 92 valence electrons. The molecule has 0 fully saturated rings. The van der Waals surface area contributed by atoms with Crippen molar-refractivity contribution < 1.29 is 4.92 Å². The smallest absolute Gasteiger partial charge is 0.305 e. The molecule has 0 radical (unpaired) electrons. The van der Waals surface area contributed by atoms with Gasteiger partial charge >= 0.3 is 5.69 Å². The molecule has 2 aromatic heterocycles. The average Bonchev–Trinajstić information content (AvgIpc) is 2.37. The van der Waals surface area contributed by atoms with Crippen molar-refractivity contribution in [2.24, 2.45) is 0 Å². The normalized spacial score (nSPS) is 10.1. The SMILES string of the molecule is Cc1cccc(CNc2ncc([N+](=O)[O-])cn2)n1. The summed E-state index contributed by atoms with van der Waals surface area (Å²) in [5.74, 6) is 0.337. The highest BCUT2D eigenvalue weighted by molar-refractivity contribution is 5.31. The van der Waals surface area contributed by atoms with Crippen LogP contribution in [-0.2, 0) is 6.54 Å².